The quantitative estimate of drug-likeness (QED) is 0.771. The highest BCUT2D eigenvalue weighted by atomic mass is 35.5. The van der Waals surface area contributed by atoms with Crippen LogP contribution in [0.5, 0.6) is 0 Å². The Hall–Kier alpha value is -1.99. The van der Waals surface area contributed by atoms with Crippen molar-refractivity contribution in [1.29, 1.82) is 0 Å². The van der Waals surface area contributed by atoms with E-state index in [1.54, 1.807) is 24.3 Å². The molecule has 1 aromatic carbocycles. The third-order valence-electron chi connectivity index (χ3n) is 3.80. The SMILES string of the molecule is O=S(=O)(Nc1cc2n(n1)CCC2)c1c[nH]c2cc(Cl)ccc12. The number of aromatic amines is 1. The molecule has 3 heterocycles. The zero-order valence-electron chi connectivity index (χ0n) is 11.5. The highest BCUT2D eigenvalue weighted by Gasteiger charge is 2.22. The largest absolute Gasteiger partial charge is 0.360 e. The zero-order valence-corrected chi connectivity index (χ0v) is 13.1. The van der Waals surface area contributed by atoms with Crippen molar-refractivity contribution in [2.45, 2.75) is 24.3 Å². The molecule has 0 saturated carbocycles. The van der Waals surface area contributed by atoms with Gasteiger partial charge in [0.25, 0.3) is 10.0 Å². The highest BCUT2D eigenvalue weighted by Crippen LogP contribution is 2.27. The van der Waals surface area contributed by atoms with E-state index >= 15 is 0 Å². The molecule has 1 aliphatic rings. The lowest BCUT2D eigenvalue weighted by Gasteiger charge is -2.04. The van der Waals surface area contributed by atoms with E-state index in [0.717, 1.165) is 25.1 Å². The van der Waals surface area contributed by atoms with Crippen LogP contribution in [0.1, 0.15) is 12.1 Å². The Morgan fingerprint density at radius 1 is 1.32 bits per heavy atom. The summed E-state index contributed by atoms with van der Waals surface area (Å²) in [5, 5.41) is 5.43. The number of halogens is 1. The first-order valence-corrected chi connectivity index (χ1v) is 8.75. The maximum absolute atomic E-state index is 12.6. The summed E-state index contributed by atoms with van der Waals surface area (Å²) in [6.07, 6.45) is 3.45. The van der Waals surface area contributed by atoms with Gasteiger partial charge in [0.15, 0.2) is 5.82 Å². The van der Waals surface area contributed by atoms with Gasteiger partial charge in [0.05, 0.1) is 0 Å². The van der Waals surface area contributed by atoms with Crippen molar-refractivity contribution in [2.24, 2.45) is 0 Å². The van der Waals surface area contributed by atoms with Crippen LogP contribution in [0.4, 0.5) is 5.82 Å². The number of hydrogen-bond donors (Lipinski definition) is 2. The summed E-state index contributed by atoms with van der Waals surface area (Å²) < 4.78 is 29.5. The molecule has 4 rings (SSSR count). The van der Waals surface area contributed by atoms with E-state index in [2.05, 4.69) is 14.8 Å². The second-order valence-electron chi connectivity index (χ2n) is 5.30. The molecule has 0 atom stereocenters. The first-order valence-electron chi connectivity index (χ1n) is 6.89. The van der Waals surface area contributed by atoms with Crippen molar-refractivity contribution >= 4 is 38.3 Å². The molecule has 8 heteroatoms. The minimum Gasteiger partial charge on any atom is -0.360 e. The van der Waals surface area contributed by atoms with Crippen LogP contribution >= 0.6 is 11.6 Å². The minimum atomic E-state index is -3.70. The van der Waals surface area contributed by atoms with Crippen LogP contribution in [0, 0.1) is 0 Å². The third-order valence-corrected chi connectivity index (χ3v) is 5.43. The van der Waals surface area contributed by atoms with Gasteiger partial charge in [0.2, 0.25) is 0 Å². The normalized spacial score (nSPS) is 14.4. The lowest BCUT2D eigenvalue weighted by Crippen LogP contribution is -2.13. The van der Waals surface area contributed by atoms with E-state index in [1.165, 1.54) is 6.20 Å². The maximum Gasteiger partial charge on any atom is 0.265 e. The van der Waals surface area contributed by atoms with Crippen LogP contribution in [0.15, 0.2) is 35.4 Å². The molecule has 0 unspecified atom stereocenters. The molecule has 0 bridgehead atoms. The van der Waals surface area contributed by atoms with Crippen molar-refractivity contribution in [3.8, 4) is 0 Å². The standard InChI is InChI=1S/C14H13ClN4O2S/c15-9-3-4-11-12(6-9)16-8-13(11)22(20,21)18-14-7-10-2-1-5-19(10)17-14/h3-4,6-8,16H,1-2,5H2,(H,17,18). The molecule has 0 amide bonds. The van der Waals surface area contributed by atoms with Crippen molar-refractivity contribution < 1.29 is 8.42 Å². The minimum absolute atomic E-state index is 0.187. The number of aryl methyl sites for hydroxylation is 2. The van der Waals surface area contributed by atoms with Gasteiger partial charge in [-0.1, -0.05) is 11.6 Å². The average Bonchev–Trinajstić information content (AvgIpc) is 3.10. The molecule has 0 radical (unpaired) electrons. The van der Waals surface area contributed by atoms with Gasteiger partial charge in [0.1, 0.15) is 4.90 Å². The molecule has 2 N–H and O–H groups in total. The van der Waals surface area contributed by atoms with E-state index in [4.69, 9.17) is 11.6 Å². The molecule has 0 aliphatic carbocycles. The van der Waals surface area contributed by atoms with Crippen LogP contribution in [0.25, 0.3) is 10.9 Å². The number of nitrogens with one attached hydrogen (secondary N) is 2. The van der Waals surface area contributed by atoms with E-state index < -0.39 is 10.0 Å². The predicted octanol–water partition coefficient (Wildman–Crippen LogP) is 2.76. The lowest BCUT2D eigenvalue weighted by molar-refractivity contribution is 0.601. The van der Waals surface area contributed by atoms with Gasteiger partial charge in [-0.2, -0.15) is 5.10 Å². The van der Waals surface area contributed by atoms with Gasteiger partial charge < -0.3 is 4.98 Å². The average molecular weight is 337 g/mol. The Morgan fingerprint density at radius 2 is 2.18 bits per heavy atom. The molecule has 0 fully saturated rings. The number of H-pyrrole nitrogens is 1. The fourth-order valence-electron chi connectivity index (χ4n) is 2.80. The number of nitrogens with zero attached hydrogens (tertiary/aromatic N) is 2. The number of aromatic nitrogens is 3. The van der Waals surface area contributed by atoms with Gasteiger partial charge in [-0.25, -0.2) is 8.42 Å². The van der Waals surface area contributed by atoms with E-state index in [0.29, 0.717) is 21.7 Å². The molecule has 114 valence electrons. The Labute approximate surface area is 132 Å². The summed E-state index contributed by atoms with van der Waals surface area (Å²) in [6, 6.07) is 6.84. The van der Waals surface area contributed by atoms with Gasteiger partial charge in [-0.3, -0.25) is 9.40 Å². The Bertz CT molecular complexity index is 953. The summed E-state index contributed by atoms with van der Waals surface area (Å²) in [6.45, 7) is 0.836. The smallest absolute Gasteiger partial charge is 0.265 e. The molecule has 3 aromatic rings. The summed E-state index contributed by atoms with van der Waals surface area (Å²) >= 11 is 5.92. The Morgan fingerprint density at radius 3 is 3.00 bits per heavy atom. The van der Waals surface area contributed by atoms with Crippen LogP contribution in [0.2, 0.25) is 5.02 Å². The van der Waals surface area contributed by atoms with Crippen LogP contribution in [0.3, 0.4) is 0 Å². The topological polar surface area (TPSA) is 79.8 Å². The van der Waals surface area contributed by atoms with Crippen molar-refractivity contribution in [2.75, 3.05) is 4.72 Å². The fourth-order valence-corrected chi connectivity index (χ4v) is 4.14. The van der Waals surface area contributed by atoms with Crippen molar-refractivity contribution in [3.63, 3.8) is 0 Å². The zero-order chi connectivity index (χ0) is 15.3. The molecule has 6 nitrogen and oxygen atoms in total. The molecule has 0 spiro atoms. The summed E-state index contributed by atoms with van der Waals surface area (Å²) in [5.74, 6) is 0.359. The van der Waals surface area contributed by atoms with Gasteiger partial charge >= 0.3 is 0 Å². The van der Waals surface area contributed by atoms with Crippen LogP contribution in [-0.4, -0.2) is 23.2 Å². The molecule has 1 aliphatic heterocycles. The van der Waals surface area contributed by atoms with Gasteiger partial charge in [-0.15, -0.1) is 0 Å². The maximum atomic E-state index is 12.6. The van der Waals surface area contributed by atoms with E-state index in [-0.39, 0.29) is 4.90 Å². The monoisotopic (exact) mass is 336 g/mol. The molecule has 2 aromatic heterocycles. The van der Waals surface area contributed by atoms with Crippen molar-refractivity contribution in [1.82, 2.24) is 14.8 Å². The molecule has 0 saturated heterocycles. The first kappa shape index (κ1) is 13.7. The number of fused-ring (bicyclic) bond motifs is 2. The third kappa shape index (κ3) is 2.17. The summed E-state index contributed by atoms with van der Waals surface area (Å²) in [7, 11) is -3.70. The second kappa shape index (κ2) is 4.76. The number of hydrogen-bond acceptors (Lipinski definition) is 3. The Balaban J connectivity index is 1.72. The van der Waals surface area contributed by atoms with Gasteiger partial charge in [-0.05, 0) is 31.0 Å². The molecular weight excluding hydrogens is 324 g/mol. The summed E-state index contributed by atoms with van der Waals surface area (Å²) in [4.78, 5) is 3.12. The summed E-state index contributed by atoms with van der Waals surface area (Å²) in [5.41, 5.74) is 1.74. The van der Waals surface area contributed by atoms with E-state index in [1.807, 2.05) is 4.68 Å². The van der Waals surface area contributed by atoms with E-state index in [9.17, 15) is 8.42 Å². The number of rotatable bonds is 3. The molecule has 22 heavy (non-hydrogen) atoms. The predicted molar refractivity (Wildman–Crippen MR) is 84.7 cm³/mol. The van der Waals surface area contributed by atoms with Crippen molar-refractivity contribution in [3.05, 3.63) is 41.2 Å². The second-order valence-corrected chi connectivity index (χ2v) is 7.38. The van der Waals surface area contributed by atoms with Crippen LogP contribution < -0.4 is 4.72 Å². The highest BCUT2D eigenvalue weighted by molar-refractivity contribution is 7.93. The fraction of sp³-hybridized carbons (Fsp3) is 0.214. The lowest BCUT2D eigenvalue weighted by atomic mass is 10.2. The first-order chi connectivity index (χ1) is 10.5. The number of benzene rings is 1. The number of sulfonamides is 1. The van der Waals surface area contributed by atoms with Gasteiger partial charge in [0, 0.05) is 40.4 Å². The Kier molecular flexibility index (Phi) is 2.95. The number of anilines is 1. The van der Waals surface area contributed by atoms with Crippen LogP contribution in [-0.2, 0) is 23.0 Å². The molecular formula is C14H13ClN4O2S.